The zero-order chi connectivity index (χ0) is 23.0. The van der Waals surface area contributed by atoms with Gasteiger partial charge in [0.15, 0.2) is 17.3 Å². The minimum absolute atomic E-state index is 0.115. The first-order valence-corrected chi connectivity index (χ1v) is 10.9. The van der Waals surface area contributed by atoms with E-state index in [1.54, 1.807) is 18.2 Å². The van der Waals surface area contributed by atoms with Crippen molar-refractivity contribution >= 4 is 23.4 Å². The summed E-state index contributed by atoms with van der Waals surface area (Å²) in [5, 5.41) is 16.3. The van der Waals surface area contributed by atoms with Gasteiger partial charge in [0.2, 0.25) is 5.82 Å². The van der Waals surface area contributed by atoms with Crippen molar-refractivity contribution in [1.82, 2.24) is 14.8 Å². The number of ether oxygens (including phenoxy) is 2. The lowest BCUT2D eigenvalue weighted by molar-refractivity contribution is -0.146. The van der Waals surface area contributed by atoms with Crippen molar-refractivity contribution in [1.29, 1.82) is 0 Å². The quantitative estimate of drug-likeness (QED) is 0.534. The SMILES string of the molecule is COc1cccc([C@@H]2S[C@@H](CCO)c3nnc(C(F)(F)F)n3-c3ccc(Cl)cc32)c1OC. The molecule has 0 fully saturated rings. The van der Waals surface area contributed by atoms with Crippen molar-refractivity contribution in [2.24, 2.45) is 0 Å². The number of aromatic nitrogens is 3. The third-order valence-corrected chi connectivity index (χ3v) is 6.94. The van der Waals surface area contributed by atoms with Crippen LogP contribution in [-0.2, 0) is 6.18 Å². The highest BCUT2D eigenvalue weighted by atomic mass is 35.5. The van der Waals surface area contributed by atoms with Crippen molar-refractivity contribution in [2.75, 3.05) is 20.8 Å². The summed E-state index contributed by atoms with van der Waals surface area (Å²) in [7, 11) is 3.02. The van der Waals surface area contributed by atoms with Crippen LogP contribution in [0.3, 0.4) is 0 Å². The molecule has 170 valence electrons. The number of rotatable bonds is 5. The molecule has 0 amide bonds. The zero-order valence-electron chi connectivity index (χ0n) is 17.1. The molecule has 0 spiro atoms. The number of alkyl halides is 3. The van der Waals surface area contributed by atoms with Gasteiger partial charge in [0.25, 0.3) is 0 Å². The zero-order valence-corrected chi connectivity index (χ0v) is 18.6. The molecule has 0 aliphatic carbocycles. The highest BCUT2D eigenvalue weighted by Crippen LogP contribution is 2.54. The van der Waals surface area contributed by atoms with Crippen LogP contribution in [0.15, 0.2) is 36.4 Å². The van der Waals surface area contributed by atoms with Crippen LogP contribution in [0.4, 0.5) is 13.2 Å². The number of thioether (sulfide) groups is 1. The predicted molar refractivity (Wildman–Crippen MR) is 115 cm³/mol. The van der Waals surface area contributed by atoms with Gasteiger partial charge in [-0.15, -0.1) is 22.0 Å². The van der Waals surface area contributed by atoms with Crippen molar-refractivity contribution in [3.05, 3.63) is 64.2 Å². The summed E-state index contributed by atoms with van der Waals surface area (Å²) in [5.74, 6) is -0.0513. The molecular formula is C21H19ClF3N3O3S. The van der Waals surface area contributed by atoms with E-state index in [1.165, 1.54) is 38.1 Å². The Hall–Kier alpha value is -2.43. The number of hydrogen-bond acceptors (Lipinski definition) is 6. The lowest BCUT2D eigenvalue weighted by atomic mass is 10.0. The molecule has 0 radical (unpaired) electrons. The number of para-hydroxylation sites is 1. The fourth-order valence-electron chi connectivity index (χ4n) is 3.84. The first-order chi connectivity index (χ1) is 15.3. The van der Waals surface area contributed by atoms with E-state index in [2.05, 4.69) is 10.2 Å². The summed E-state index contributed by atoms with van der Waals surface area (Å²) in [6.07, 6.45) is -4.53. The maximum Gasteiger partial charge on any atom is 0.452 e. The van der Waals surface area contributed by atoms with Crippen molar-refractivity contribution in [2.45, 2.75) is 23.1 Å². The van der Waals surface area contributed by atoms with Gasteiger partial charge in [-0.3, -0.25) is 4.57 Å². The molecule has 32 heavy (non-hydrogen) atoms. The maximum atomic E-state index is 13.8. The van der Waals surface area contributed by atoms with Gasteiger partial charge in [0, 0.05) is 17.2 Å². The molecule has 2 aromatic carbocycles. The monoisotopic (exact) mass is 485 g/mol. The van der Waals surface area contributed by atoms with Crippen LogP contribution in [0.5, 0.6) is 11.5 Å². The standard InChI is InChI=1S/C21H19ClF3N3O3S/c1-30-15-5-3-4-12(17(15)31-2)18-13-10-11(22)6-7-14(13)28-19(16(32-18)8-9-29)26-27-20(28)21(23,24)25/h3-7,10,16,18,29H,8-9H2,1-2H3/t16-,18-/m0/s1. The molecule has 1 aliphatic heterocycles. The Kier molecular flexibility index (Phi) is 6.28. The average molecular weight is 486 g/mol. The predicted octanol–water partition coefficient (Wildman–Crippen LogP) is 5.22. The summed E-state index contributed by atoms with van der Waals surface area (Å²) in [6.45, 7) is -0.231. The second-order valence-corrected chi connectivity index (χ2v) is 8.77. The summed E-state index contributed by atoms with van der Waals surface area (Å²) in [4.78, 5) is 0. The highest BCUT2D eigenvalue weighted by molar-refractivity contribution is 8.00. The Bertz CT molecular complexity index is 1140. The van der Waals surface area contributed by atoms with E-state index in [1.807, 2.05) is 6.07 Å². The van der Waals surface area contributed by atoms with E-state index in [0.717, 1.165) is 4.57 Å². The first kappa shape index (κ1) is 22.8. The molecule has 4 rings (SSSR count). The van der Waals surface area contributed by atoms with Gasteiger partial charge in [-0.25, -0.2) is 0 Å². The molecule has 1 aromatic heterocycles. The summed E-state index contributed by atoms with van der Waals surface area (Å²) in [5.41, 5.74) is 1.51. The van der Waals surface area contributed by atoms with Crippen LogP contribution in [0.1, 0.15) is 39.7 Å². The fourth-order valence-corrected chi connectivity index (χ4v) is 5.53. The van der Waals surface area contributed by atoms with Crippen molar-refractivity contribution < 1.29 is 27.8 Å². The third kappa shape index (κ3) is 3.91. The number of fused-ring (bicyclic) bond motifs is 3. The van der Waals surface area contributed by atoms with Gasteiger partial charge in [-0.1, -0.05) is 23.7 Å². The van der Waals surface area contributed by atoms with E-state index in [9.17, 15) is 18.3 Å². The van der Waals surface area contributed by atoms with Gasteiger partial charge < -0.3 is 14.6 Å². The Balaban J connectivity index is 2.02. The number of aliphatic hydroxyl groups is 1. The second-order valence-electron chi connectivity index (χ2n) is 7.02. The minimum Gasteiger partial charge on any atom is -0.493 e. The molecule has 2 heterocycles. The number of methoxy groups -OCH3 is 2. The van der Waals surface area contributed by atoms with E-state index in [-0.39, 0.29) is 24.5 Å². The molecule has 2 atom stereocenters. The summed E-state index contributed by atoms with van der Waals surface area (Å²) >= 11 is 7.63. The summed E-state index contributed by atoms with van der Waals surface area (Å²) < 4.78 is 53.5. The largest absolute Gasteiger partial charge is 0.493 e. The Morgan fingerprint density at radius 2 is 1.91 bits per heavy atom. The maximum absolute atomic E-state index is 13.8. The Morgan fingerprint density at radius 1 is 1.12 bits per heavy atom. The number of nitrogens with zero attached hydrogens (tertiary/aromatic N) is 3. The van der Waals surface area contributed by atoms with Crippen LogP contribution >= 0.6 is 23.4 Å². The molecule has 1 N–H and O–H groups in total. The topological polar surface area (TPSA) is 69.4 Å². The lowest BCUT2D eigenvalue weighted by Gasteiger charge is -2.23. The van der Waals surface area contributed by atoms with Crippen LogP contribution in [0, 0.1) is 0 Å². The molecule has 0 bridgehead atoms. The Morgan fingerprint density at radius 3 is 2.56 bits per heavy atom. The molecular weight excluding hydrogens is 467 g/mol. The van der Waals surface area contributed by atoms with E-state index < -0.39 is 22.5 Å². The lowest BCUT2D eigenvalue weighted by Crippen LogP contribution is -2.16. The van der Waals surface area contributed by atoms with Gasteiger partial charge in [-0.2, -0.15) is 13.2 Å². The molecule has 0 unspecified atom stereocenters. The molecule has 0 saturated heterocycles. The number of aliphatic hydroxyl groups excluding tert-OH is 1. The van der Waals surface area contributed by atoms with Crippen LogP contribution < -0.4 is 9.47 Å². The van der Waals surface area contributed by atoms with Crippen LogP contribution in [-0.4, -0.2) is 40.7 Å². The number of benzene rings is 2. The highest BCUT2D eigenvalue weighted by Gasteiger charge is 2.43. The molecule has 1 aliphatic rings. The van der Waals surface area contributed by atoms with E-state index >= 15 is 0 Å². The van der Waals surface area contributed by atoms with E-state index in [4.69, 9.17) is 21.1 Å². The molecule has 11 heteroatoms. The molecule has 6 nitrogen and oxygen atoms in total. The Labute approximate surface area is 191 Å². The first-order valence-electron chi connectivity index (χ1n) is 9.59. The van der Waals surface area contributed by atoms with Gasteiger partial charge in [0.1, 0.15) is 0 Å². The number of hydrogen-bond donors (Lipinski definition) is 1. The molecule has 3 aromatic rings. The average Bonchev–Trinajstić information content (AvgIpc) is 3.16. The van der Waals surface area contributed by atoms with E-state index in [0.29, 0.717) is 27.6 Å². The third-order valence-electron chi connectivity index (χ3n) is 5.15. The number of halogens is 4. The van der Waals surface area contributed by atoms with Gasteiger partial charge >= 0.3 is 6.18 Å². The second kappa shape index (κ2) is 8.84. The van der Waals surface area contributed by atoms with Gasteiger partial charge in [-0.05, 0) is 36.2 Å². The normalized spacial score (nSPS) is 18.0. The fraction of sp³-hybridized carbons (Fsp3) is 0.333. The summed E-state index contributed by atoms with van der Waals surface area (Å²) in [6, 6.07) is 10.1. The minimum atomic E-state index is -4.72. The van der Waals surface area contributed by atoms with Gasteiger partial charge in [0.05, 0.1) is 30.4 Å². The van der Waals surface area contributed by atoms with Crippen LogP contribution in [0.2, 0.25) is 5.02 Å². The van der Waals surface area contributed by atoms with Crippen molar-refractivity contribution in [3.8, 4) is 17.2 Å². The van der Waals surface area contributed by atoms with Crippen molar-refractivity contribution in [3.63, 3.8) is 0 Å². The molecule has 0 saturated carbocycles. The van der Waals surface area contributed by atoms with Crippen LogP contribution in [0.25, 0.3) is 5.69 Å². The smallest absolute Gasteiger partial charge is 0.452 e.